The molecule has 0 unspecified atom stereocenters. The number of aromatic nitrogens is 2. The van der Waals surface area contributed by atoms with Crippen LogP contribution in [0.25, 0.3) is 0 Å². The molecule has 3 heterocycles. The summed E-state index contributed by atoms with van der Waals surface area (Å²) in [5.74, 6) is 2.03. The lowest BCUT2D eigenvalue weighted by atomic mass is 10.2. The summed E-state index contributed by atoms with van der Waals surface area (Å²) in [6.45, 7) is 6.40. The summed E-state index contributed by atoms with van der Waals surface area (Å²) in [5.41, 5.74) is 0. The van der Waals surface area contributed by atoms with E-state index < -0.39 is 10.0 Å². The Morgan fingerprint density at radius 2 is 1.36 bits per heavy atom. The van der Waals surface area contributed by atoms with E-state index in [-0.39, 0.29) is 5.75 Å². The van der Waals surface area contributed by atoms with Gasteiger partial charge in [0.15, 0.2) is 11.6 Å². The highest BCUT2D eigenvalue weighted by molar-refractivity contribution is 7.89. The van der Waals surface area contributed by atoms with Crippen molar-refractivity contribution in [2.24, 2.45) is 0 Å². The number of nitrogens with zero attached hydrogens (tertiary/aromatic N) is 5. The standard InChI is InChI=1S/C17H29N5O2S/c1-2-15-25(23,24)22-13-11-21(12-14-22)17-8-7-16(18-19-17)20-9-5-3-4-6-10-20/h7-8H,2-6,9-15H2,1H3. The first-order chi connectivity index (χ1) is 12.1. The van der Waals surface area contributed by atoms with Gasteiger partial charge in [-0.25, -0.2) is 8.42 Å². The Morgan fingerprint density at radius 1 is 0.840 bits per heavy atom. The third kappa shape index (κ3) is 4.61. The highest BCUT2D eigenvalue weighted by Crippen LogP contribution is 2.20. The predicted octanol–water partition coefficient (Wildman–Crippen LogP) is 1.72. The van der Waals surface area contributed by atoms with Gasteiger partial charge in [0.25, 0.3) is 0 Å². The smallest absolute Gasteiger partial charge is 0.214 e. The van der Waals surface area contributed by atoms with Crippen LogP contribution in [0.4, 0.5) is 11.6 Å². The van der Waals surface area contributed by atoms with Gasteiger partial charge in [-0.2, -0.15) is 4.31 Å². The fraction of sp³-hybridized carbons (Fsp3) is 0.765. The van der Waals surface area contributed by atoms with Gasteiger partial charge in [-0.05, 0) is 31.4 Å². The summed E-state index contributed by atoms with van der Waals surface area (Å²) in [4.78, 5) is 4.44. The zero-order chi connectivity index (χ0) is 17.7. The van der Waals surface area contributed by atoms with Crippen LogP contribution in [0.1, 0.15) is 39.0 Å². The minimum atomic E-state index is -3.10. The lowest BCUT2D eigenvalue weighted by Gasteiger charge is -2.34. The molecule has 0 aromatic carbocycles. The van der Waals surface area contributed by atoms with Crippen LogP contribution >= 0.6 is 0 Å². The van der Waals surface area contributed by atoms with Crippen molar-refractivity contribution in [3.8, 4) is 0 Å². The van der Waals surface area contributed by atoms with Crippen LogP contribution in [0, 0.1) is 0 Å². The maximum absolute atomic E-state index is 12.2. The number of sulfonamides is 1. The van der Waals surface area contributed by atoms with Crippen LogP contribution in [0.5, 0.6) is 0 Å². The zero-order valence-electron chi connectivity index (χ0n) is 15.1. The second-order valence-electron chi connectivity index (χ2n) is 6.85. The monoisotopic (exact) mass is 367 g/mol. The molecule has 2 fully saturated rings. The molecule has 8 heteroatoms. The van der Waals surface area contributed by atoms with Crippen molar-refractivity contribution >= 4 is 21.7 Å². The molecule has 0 aliphatic carbocycles. The van der Waals surface area contributed by atoms with E-state index in [4.69, 9.17) is 0 Å². The number of anilines is 2. The van der Waals surface area contributed by atoms with Gasteiger partial charge in [-0.15, -0.1) is 10.2 Å². The average molecular weight is 368 g/mol. The quantitative estimate of drug-likeness (QED) is 0.789. The van der Waals surface area contributed by atoms with E-state index in [9.17, 15) is 8.42 Å². The van der Waals surface area contributed by atoms with Crippen LogP contribution in [0.3, 0.4) is 0 Å². The van der Waals surface area contributed by atoms with Crippen molar-refractivity contribution in [1.29, 1.82) is 0 Å². The van der Waals surface area contributed by atoms with E-state index in [2.05, 4.69) is 20.0 Å². The number of hydrogen-bond donors (Lipinski definition) is 0. The van der Waals surface area contributed by atoms with Gasteiger partial charge in [0, 0.05) is 39.3 Å². The van der Waals surface area contributed by atoms with Gasteiger partial charge in [0.05, 0.1) is 5.75 Å². The lowest BCUT2D eigenvalue weighted by Crippen LogP contribution is -2.49. The maximum Gasteiger partial charge on any atom is 0.214 e. The second-order valence-corrected chi connectivity index (χ2v) is 8.94. The first-order valence-corrected chi connectivity index (χ1v) is 11.0. The lowest BCUT2D eigenvalue weighted by molar-refractivity contribution is 0.383. The molecule has 1 aromatic heterocycles. The highest BCUT2D eigenvalue weighted by atomic mass is 32.2. The summed E-state index contributed by atoms with van der Waals surface area (Å²) < 4.78 is 25.9. The molecule has 0 amide bonds. The summed E-state index contributed by atoms with van der Waals surface area (Å²) in [5, 5.41) is 8.82. The molecule has 0 saturated carbocycles. The van der Waals surface area contributed by atoms with Gasteiger partial charge >= 0.3 is 0 Å². The summed E-state index contributed by atoms with van der Waals surface area (Å²) in [6.07, 6.45) is 5.70. The first-order valence-electron chi connectivity index (χ1n) is 9.41. The second kappa shape index (κ2) is 8.31. The molecular weight excluding hydrogens is 338 g/mol. The summed E-state index contributed by atoms with van der Waals surface area (Å²) in [7, 11) is -3.10. The molecule has 0 radical (unpaired) electrons. The van der Waals surface area contributed by atoms with Crippen LogP contribution in [0.15, 0.2) is 12.1 Å². The Bertz CT molecular complexity index is 634. The zero-order valence-corrected chi connectivity index (χ0v) is 15.9. The molecule has 7 nitrogen and oxygen atoms in total. The largest absolute Gasteiger partial charge is 0.355 e. The average Bonchev–Trinajstić information content (AvgIpc) is 2.91. The summed E-state index contributed by atoms with van der Waals surface area (Å²) in [6, 6.07) is 4.07. The number of hydrogen-bond acceptors (Lipinski definition) is 6. The third-order valence-electron chi connectivity index (χ3n) is 4.98. The van der Waals surface area contributed by atoms with E-state index in [1.807, 2.05) is 19.1 Å². The molecule has 3 rings (SSSR count). The molecule has 2 saturated heterocycles. The topological polar surface area (TPSA) is 69.6 Å². The predicted molar refractivity (Wildman–Crippen MR) is 101 cm³/mol. The fourth-order valence-corrected chi connectivity index (χ4v) is 5.03. The molecule has 25 heavy (non-hydrogen) atoms. The van der Waals surface area contributed by atoms with Crippen molar-refractivity contribution in [2.45, 2.75) is 39.0 Å². The SMILES string of the molecule is CCCS(=O)(=O)N1CCN(c2ccc(N3CCCCCC3)nn2)CC1. The Hall–Kier alpha value is -1.41. The Morgan fingerprint density at radius 3 is 1.84 bits per heavy atom. The maximum atomic E-state index is 12.2. The normalized spacial score (nSPS) is 20.5. The van der Waals surface area contributed by atoms with E-state index in [1.54, 1.807) is 4.31 Å². The van der Waals surface area contributed by atoms with Crippen molar-refractivity contribution in [2.75, 3.05) is 54.8 Å². The van der Waals surface area contributed by atoms with E-state index >= 15 is 0 Å². The van der Waals surface area contributed by atoms with Crippen molar-refractivity contribution in [1.82, 2.24) is 14.5 Å². The van der Waals surface area contributed by atoms with Crippen LogP contribution in [0.2, 0.25) is 0 Å². The van der Waals surface area contributed by atoms with Crippen LogP contribution in [-0.4, -0.2) is 67.9 Å². The molecule has 1 aromatic rings. The molecule has 0 N–H and O–H groups in total. The Balaban J connectivity index is 1.58. The third-order valence-corrected chi connectivity index (χ3v) is 7.06. The van der Waals surface area contributed by atoms with E-state index in [0.29, 0.717) is 32.6 Å². The highest BCUT2D eigenvalue weighted by Gasteiger charge is 2.26. The van der Waals surface area contributed by atoms with E-state index in [0.717, 1.165) is 24.7 Å². The fourth-order valence-electron chi connectivity index (χ4n) is 3.54. The van der Waals surface area contributed by atoms with Gasteiger partial charge in [0.2, 0.25) is 10.0 Å². The van der Waals surface area contributed by atoms with Crippen LogP contribution in [-0.2, 0) is 10.0 Å². The van der Waals surface area contributed by atoms with Crippen molar-refractivity contribution in [3.63, 3.8) is 0 Å². The first kappa shape index (κ1) is 18.4. The molecular formula is C17H29N5O2S. The van der Waals surface area contributed by atoms with E-state index in [1.165, 1.54) is 25.7 Å². The molecule has 140 valence electrons. The minimum absolute atomic E-state index is 0.233. The van der Waals surface area contributed by atoms with Gasteiger partial charge in [-0.1, -0.05) is 19.8 Å². The minimum Gasteiger partial charge on any atom is -0.355 e. The molecule has 0 bridgehead atoms. The van der Waals surface area contributed by atoms with Gasteiger partial charge in [-0.3, -0.25) is 0 Å². The Labute approximate surface area is 151 Å². The number of piperazine rings is 1. The molecule has 0 spiro atoms. The Kier molecular flexibility index (Phi) is 6.11. The van der Waals surface area contributed by atoms with Crippen molar-refractivity contribution < 1.29 is 8.42 Å². The van der Waals surface area contributed by atoms with Gasteiger partial charge < -0.3 is 9.80 Å². The van der Waals surface area contributed by atoms with Crippen molar-refractivity contribution in [3.05, 3.63) is 12.1 Å². The van der Waals surface area contributed by atoms with Crippen LogP contribution < -0.4 is 9.80 Å². The van der Waals surface area contributed by atoms with Gasteiger partial charge in [0.1, 0.15) is 0 Å². The molecule has 2 aliphatic rings. The number of rotatable bonds is 5. The molecule has 0 atom stereocenters. The summed E-state index contributed by atoms with van der Waals surface area (Å²) >= 11 is 0. The molecule has 2 aliphatic heterocycles.